The van der Waals surface area contributed by atoms with Crippen molar-refractivity contribution in [3.63, 3.8) is 0 Å². The minimum Gasteiger partial charge on any atom is -0.319 e. The highest BCUT2D eigenvalue weighted by atomic mass is 32.1. The molecule has 0 fully saturated rings. The normalized spacial score (nSPS) is 12.7. The first kappa shape index (κ1) is 11.3. The highest BCUT2D eigenvalue weighted by Crippen LogP contribution is 2.25. The first-order chi connectivity index (χ1) is 7.72. The van der Waals surface area contributed by atoms with Gasteiger partial charge in [-0.25, -0.2) is 0 Å². The zero-order chi connectivity index (χ0) is 11.5. The monoisotopic (exact) mass is 232 g/mol. The SMILES string of the molecule is CCc1cccnc1C(N)c1csc(C)c1. The van der Waals surface area contributed by atoms with Gasteiger partial charge in [0.2, 0.25) is 0 Å². The number of hydrogen-bond acceptors (Lipinski definition) is 3. The molecule has 2 nitrogen and oxygen atoms in total. The van der Waals surface area contributed by atoms with E-state index < -0.39 is 0 Å². The summed E-state index contributed by atoms with van der Waals surface area (Å²) < 4.78 is 0. The summed E-state index contributed by atoms with van der Waals surface area (Å²) in [5, 5.41) is 2.12. The van der Waals surface area contributed by atoms with Gasteiger partial charge in [-0.3, -0.25) is 4.98 Å². The van der Waals surface area contributed by atoms with Crippen molar-refractivity contribution < 1.29 is 0 Å². The molecular formula is C13H16N2S. The van der Waals surface area contributed by atoms with Crippen LogP contribution in [0.3, 0.4) is 0 Å². The lowest BCUT2D eigenvalue weighted by Gasteiger charge is -2.13. The summed E-state index contributed by atoms with van der Waals surface area (Å²) in [4.78, 5) is 5.71. The fourth-order valence-corrected chi connectivity index (χ4v) is 2.56. The summed E-state index contributed by atoms with van der Waals surface area (Å²) in [7, 11) is 0. The van der Waals surface area contributed by atoms with Crippen molar-refractivity contribution in [2.75, 3.05) is 0 Å². The lowest BCUT2D eigenvalue weighted by molar-refractivity contribution is 0.809. The number of thiophene rings is 1. The predicted molar refractivity (Wildman–Crippen MR) is 68.7 cm³/mol. The molecule has 0 amide bonds. The Bertz CT molecular complexity index is 476. The summed E-state index contributed by atoms with van der Waals surface area (Å²) in [6, 6.07) is 6.11. The minimum absolute atomic E-state index is 0.0962. The van der Waals surface area contributed by atoms with E-state index in [1.165, 1.54) is 10.4 Å². The molecule has 16 heavy (non-hydrogen) atoms. The summed E-state index contributed by atoms with van der Waals surface area (Å²) in [6.45, 7) is 4.23. The van der Waals surface area contributed by atoms with Gasteiger partial charge < -0.3 is 5.73 Å². The number of nitrogens with zero attached hydrogens (tertiary/aromatic N) is 1. The van der Waals surface area contributed by atoms with Gasteiger partial charge in [0.25, 0.3) is 0 Å². The number of nitrogens with two attached hydrogens (primary N) is 1. The van der Waals surface area contributed by atoms with Crippen LogP contribution in [0.15, 0.2) is 29.8 Å². The van der Waals surface area contributed by atoms with Crippen molar-refractivity contribution in [1.82, 2.24) is 4.98 Å². The zero-order valence-corrected chi connectivity index (χ0v) is 10.4. The number of pyridine rings is 1. The molecule has 0 spiro atoms. The molecule has 0 aliphatic rings. The molecule has 0 radical (unpaired) electrons. The molecule has 3 heteroatoms. The van der Waals surface area contributed by atoms with E-state index in [4.69, 9.17) is 5.73 Å². The first-order valence-corrected chi connectivity index (χ1v) is 6.34. The number of hydrogen-bond donors (Lipinski definition) is 1. The lowest BCUT2D eigenvalue weighted by atomic mass is 10.0. The maximum absolute atomic E-state index is 6.25. The van der Waals surface area contributed by atoms with Crippen LogP contribution in [-0.4, -0.2) is 4.98 Å². The van der Waals surface area contributed by atoms with E-state index in [1.54, 1.807) is 11.3 Å². The molecule has 1 unspecified atom stereocenters. The predicted octanol–water partition coefficient (Wildman–Crippen LogP) is 3.06. The Morgan fingerprint density at radius 2 is 2.31 bits per heavy atom. The van der Waals surface area contributed by atoms with Crippen LogP contribution in [0.4, 0.5) is 0 Å². The number of aromatic nitrogens is 1. The van der Waals surface area contributed by atoms with Crippen LogP contribution >= 0.6 is 11.3 Å². The van der Waals surface area contributed by atoms with Gasteiger partial charge in [-0.2, -0.15) is 0 Å². The Kier molecular flexibility index (Phi) is 3.36. The van der Waals surface area contributed by atoms with Crippen molar-refractivity contribution in [2.24, 2.45) is 5.73 Å². The number of rotatable bonds is 3. The minimum atomic E-state index is -0.0962. The van der Waals surface area contributed by atoms with Crippen molar-refractivity contribution in [2.45, 2.75) is 26.3 Å². The second-order valence-corrected chi connectivity index (χ2v) is 4.99. The average molecular weight is 232 g/mol. The van der Waals surface area contributed by atoms with Crippen LogP contribution in [0.1, 0.15) is 34.7 Å². The van der Waals surface area contributed by atoms with E-state index in [0.29, 0.717) is 0 Å². The van der Waals surface area contributed by atoms with E-state index in [0.717, 1.165) is 17.7 Å². The van der Waals surface area contributed by atoms with Gasteiger partial charge in [0.1, 0.15) is 0 Å². The van der Waals surface area contributed by atoms with Gasteiger partial charge >= 0.3 is 0 Å². The topological polar surface area (TPSA) is 38.9 Å². The van der Waals surface area contributed by atoms with E-state index >= 15 is 0 Å². The molecule has 0 aromatic carbocycles. The standard InChI is InChI=1S/C13H16N2S/c1-3-10-5-4-6-15-13(10)12(14)11-7-9(2)16-8-11/h4-8,12H,3,14H2,1-2H3. The van der Waals surface area contributed by atoms with Gasteiger partial charge in [0.15, 0.2) is 0 Å². The van der Waals surface area contributed by atoms with Crippen LogP contribution in [0.5, 0.6) is 0 Å². The molecular weight excluding hydrogens is 216 g/mol. The molecule has 0 bridgehead atoms. The smallest absolute Gasteiger partial charge is 0.0737 e. The van der Waals surface area contributed by atoms with Crippen molar-refractivity contribution in [3.05, 3.63) is 51.5 Å². The van der Waals surface area contributed by atoms with Crippen molar-refractivity contribution in [1.29, 1.82) is 0 Å². The largest absolute Gasteiger partial charge is 0.319 e. The summed E-state index contributed by atoms with van der Waals surface area (Å²) >= 11 is 1.73. The molecule has 1 atom stereocenters. The van der Waals surface area contributed by atoms with E-state index in [9.17, 15) is 0 Å². The fraction of sp³-hybridized carbons (Fsp3) is 0.308. The van der Waals surface area contributed by atoms with Gasteiger partial charge in [-0.05, 0) is 42.0 Å². The van der Waals surface area contributed by atoms with E-state index in [-0.39, 0.29) is 6.04 Å². The van der Waals surface area contributed by atoms with Crippen LogP contribution in [0.2, 0.25) is 0 Å². The maximum atomic E-state index is 6.25. The molecule has 2 aromatic heterocycles. The molecule has 2 N–H and O–H groups in total. The Hall–Kier alpha value is -1.19. The van der Waals surface area contributed by atoms with E-state index in [1.807, 2.05) is 12.3 Å². The maximum Gasteiger partial charge on any atom is 0.0737 e. The summed E-state index contributed by atoms with van der Waals surface area (Å²) in [5.74, 6) is 0. The van der Waals surface area contributed by atoms with E-state index in [2.05, 4.69) is 36.3 Å². The first-order valence-electron chi connectivity index (χ1n) is 5.46. The van der Waals surface area contributed by atoms with Gasteiger partial charge in [-0.1, -0.05) is 13.0 Å². The third kappa shape index (κ3) is 2.15. The Labute approximate surface area is 100 Å². The van der Waals surface area contributed by atoms with Crippen LogP contribution in [-0.2, 0) is 6.42 Å². The Morgan fingerprint density at radius 3 is 2.94 bits per heavy atom. The van der Waals surface area contributed by atoms with Gasteiger partial charge in [0.05, 0.1) is 11.7 Å². The molecule has 2 heterocycles. The Morgan fingerprint density at radius 1 is 1.50 bits per heavy atom. The fourth-order valence-electron chi connectivity index (χ4n) is 1.81. The average Bonchev–Trinajstić information content (AvgIpc) is 2.75. The summed E-state index contributed by atoms with van der Waals surface area (Å²) in [6.07, 6.45) is 2.79. The third-order valence-electron chi connectivity index (χ3n) is 2.71. The van der Waals surface area contributed by atoms with Gasteiger partial charge in [0, 0.05) is 11.1 Å². The highest BCUT2D eigenvalue weighted by Gasteiger charge is 2.14. The second-order valence-electron chi connectivity index (χ2n) is 3.87. The zero-order valence-electron chi connectivity index (χ0n) is 9.60. The van der Waals surface area contributed by atoms with Crippen LogP contribution in [0.25, 0.3) is 0 Å². The molecule has 0 saturated heterocycles. The molecule has 2 aromatic rings. The quantitative estimate of drug-likeness (QED) is 0.883. The van der Waals surface area contributed by atoms with Gasteiger partial charge in [-0.15, -0.1) is 11.3 Å². The Balaban J connectivity index is 2.36. The molecule has 2 rings (SSSR count). The van der Waals surface area contributed by atoms with Crippen molar-refractivity contribution in [3.8, 4) is 0 Å². The second kappa shape index (κ2) is 4.76. The summed E-state index contributed by atoms with van der Waals surface area (Å²) in [5.41, 5.74) is 9.65. The van der Waals surface area contributed by atoms with Crippen molar-refractivity contribution >= 4 is 11.3 Å². The van der Waals surface area contributed by atoms with Crippen LogP contribution < -0.4 is 5.73 Å². The molecule has 84 valence electrons. The highest BCUT2D eigenvalue weighted by molar-refractivity contribution is 7.10. The van der Waals surface area contributed by atoms with Crippen LogP contribution in [0, 0.1) is 6.92 Å². The lowest BCUT2D eigenvalue weighted by Crippen LogP contribution is -2.14. The third-order valence-corrected chi connectivity index (χ3v) is 3.59. The molecule has 0 aliphatic carbocycles. The molecule has 0 aliphatic heterocycles. The molecule has 0 saturated carbocycles. The number of aryl methyl sites for hydroxylation is 2.